The molecule has 1 aliphatic rings. The van der Waals surface area contributed by atoms with Crippen LogP contribution in [0.3, 0.4) is 0 Å². The number of rotatable bonds is 3. The van der Waals surface area contributed by atoms with E-state index < -0.39 is 10.7 Å². The summed E-state index contributed by atoms with van der Waals surface area (Å²) in [6.07, 6.45) is 3.80. The predicted octanol–water partition coefficient (Wildman–Crippen LogP) is 3.07. The van der Waals surface area contributed by atoms with Crippen molar-refractivity contribution in [1.82, 2.24) is 0 Å². The fourth-order valence-electron chi connectivity index (χ4n) is 2.34. The van der Waals surface area contributed by atoms with Gasteiger partial charge in [-0.2, -0.15) is 0 Å². The zero-order valence-electron chi connectivity index (χ0n) is 10.2. The van der Waals surface area contributed by atoms with Crippen molar-refractivity contribution < 1.29 is 9.31 Å². The molecule has 2 unspecified atom stereocenters. The van der Waals surface area contributed by atoms with Crippen LogP contribution in [0.4, 0.5) is 15.8 Å². The van der Waals surface area contributed by atoms with Gasteiger partial charge in [-0.25, -0.2) is 4.39 Å². The lowest BCUT2D eigenvalue weighted by molar-refractivity contribution is -0.384. The first kappa shape index (κ1) is 14.0. The second-order valence-electron chi connectivity index (χ2n) is 4.74. The second-order valence-corrected chi connectivity index (χ2v) is 5.15. The molecule has 0 saturated heterocycles. The summed E-state index contributed by atoms with van der Waals surface area (Å²) in [4.78, 5) is 10.3. The smallest absolute Gasteiger partial charge is 0.295 e. The number of nitrogens with two attached hydrogens (primary N) is 1. The van der Waals surface area contributed by atoms with Crippen LogP contribution in [-0.2, 0) is 0 Å². The fraction of sp³-hybridized carbons (Fsp3) is 0.500. The molecule has 104 valence electrons. The average molecular weight is 288 g/mol. The molecule has 0 aromatic heterocycles. The average Bonchev–Trinajstić information content (AvgIpc) is 2.36. The first-order valence-corrected chi connectivity index (χ1v) is 6.52. The maximum Gasteiger partial charge on any atom is 0.295 e. The van der Waals surface area contributed by atoms with E-state index in [-0.39, 0.29) is 28.5 Å². The van der Waals surface area contributed by atoms with Gasteiger partial charge in [-0.15, -0.1) is 0 Å². The van der Waals surface area contributed by atoms with E-state index >= 15 is 0 Å². The van der Waals surface area contributed by atoms with E-state index in [9.17, 15) is 14.5 Å². The molecule has 0 aliphatic heterocycles. The van der Waals surface area contributed by atoms with Crippen molar-refractivity contribution in [2.45, 2.75) is 37.8 Å². The number of nitro benzene ring substituents is 1. The Morgan fingerprint density at radius 3 is 2.74 bits per heavy atom. The van der Waals surface area contributed by atoms with E-state index in [0.717, 1.165) is 31.7 Å². The summed E-state index contributed by atoms with van der Waals surface area (Å²) in [5, 5.41) is 13.8. The summed E-state index contributed by atoms with van der Waals surface area (Å²) in [7, 11) is 0. The van der Waals surface area contributed by atoms with Crippen molar-refractivity contribution >= 4 is 23.0 Å². The third-order valence-corrected chi connectivity index (χ3v) is 3.69. The molecule has 0 heterocycles. The Morgan fingerprint density at radius 1 is 1.42 bits per heavy atom. The Labute approximate surface area is 115 Å². The molecule has 3 N–H and O–H groups in total. The molecule has 0 spiro atoms. The normalized spacial score (nSPS) is 23.1. The van der Waals surface area contributed by atoms with E-state index in [1.165, 1.54) is 6.07 Å². The zero-order valence-corrected chi connectivity index (χ0v) is 11.0. The number of halogens is 2. The summed E-state index contributed by atoms with van der Waals surface area (Å²) in [6.45, 7) is 0. The van der Waals surface area contributed by atoms with Gasteiger partial charge in [-0.05, 0) is 18.9 Å². The lowest BCUT2D eigenvalue weighted by atomic mass is 9.91. The Balaban J connectivity index is 2.27. The van der Waals surface area contributed by atoms with E-state index in [4.69, 9.17) is 17.3 Å². The van der Waals surface area contributed by atoms with Crippen molar-refractivity contribution in [3.63, 3.8) is 0 Å². The van der Waals surface area contributed by atoms with Crippen LogP contribution in [0, 0.1) is 15.9 Å². The van der Waals surface area contributed by atoms with Gasteiger partial charge in [0, 0.05) is 12.1 Å². The predicted molar refractivity (Wildman–Crippen MR) is 71.9 cm³/mol. The van der Waals surface area contributed by atoms with Crippen molar-refractivity contribution in [1.29, 1.82) is 0 Å². The monoisotopic (exact) mass is 287 g/mol. The maximum atomic E-state index is 13.3. The Hall–Kier alpha value is -1.40. The Morgan fingerprint density at radius 2 is 2.11 bits per heavy atom. The molecule has 1 fully saturated rings. The molecule has 1 aromatic rings. The molecule has 0 bridgehead atoms. The molecule has 0 amide bonds. The van der Waals surface area contributed by atoms with Crippen LogP contribution < -0.4 is 11.1 Å². The zero-order chi connectivity index (χ0) is 14.0. The van der Waals surface area contributed by atoms with Gasteiger partial charge < -0.3 is 11.1 Å². The molecule has 7 heteroatoms. The highest BCUT2D eigenvalue weighted by atomic mass is 35.5. The van der Waals surface area contributed by atoms with Crippen molar-refractivity contribution in [3.05, 3.63) is 33.1 Å². The third-order valence-electron chi connectivity index (χ3n) is 3.40. The van der Waals surface area contributed by atoms with Crippen LogP contribution in [0.5, 0.6) is 0 Å². The number of hydrogen-bond donors (Lipinski definition) is 2. The number of hydrogen-bond acceptors (Lipinski definition) is 4. The number of benzene rings is 1. The third kappa shape index (κ3) is 3.13. The number of anilines is 1. The Kier molecular flexibility index (Phi) is 4.21. The van der Waals surface area contributed by atoms with Gasteiger partial charge in [-0.3, -0.25) is 10.1 Å². The fourth-order valence-corrected chi connectivity index (χ4v) is 2.51. The topological polar surface area (TPSA) is 81.2 Å². The van der Waals surface area contributed by atoms with Crippen LogP contribution in [0.2, 0.25) is 5.02 Å². The standard InChI is InChI=1S/C12H15ClFN3O2/c13-7-5-11(12(17(18)19)6-8(7)14)16-10-4-2-1-3-9(10)15/h5-6,9-10,16H,1-4,15H2. The van der Waals surface area contributed by atoms with Crippen LogP contribution in [-0.4, -0.2) is 17.0 Å². The molecular weight excluding hydrogens is 273 g/mol. The van der Waals surface area contributed by atoms with Gasteiger partial charge in [0.05, 0.1) is 16.0 Å². The molecule has 0 radical (unpaired) electrons. The van der Waals surface area contributed by atoms with Crippen LogP contribution in [0.15, 0.2) is 12.1 Å². The number of nitrogens with zero attached hydrogens (tertiary/aromatic N) is 1. The summed E-state index contributed by atoms with van der Waals surface area (Å²) in [5.41, 5.74) is 5.88. The lowest BCUT2D eigenvalue weighted by Gasteiger charge is -2.30. The first-order chi connectivity index (χ1) is 8.99. The SMILES string of the molecule is NC1CCCCC1Nc1cc(Cl)c(F)cc1[N+](=O)[O-]. The number of nitro groups is 1. The molecular formula is C12H15ClFN3O2. The van der Waals surface area contributed by atoms with Gasteiger partial charge in [0.25, 0.3) is 5.69 Å². The minimum Gasteiger partial charge on any atom is -0.375 e. The quantitative estimate of drug-likeness (QED) is 0.661. The summed E-state index contributed by atoms with van der Waals surface area (Å²) >= 11 is 5.68. The van der Waals surface area contributed by atoms with Crippen LogP contribution >= 0.6 is 11.6 Å². The molecule has 5 nitrogen and oxygen atoms in total. The highest BCUT2D eigenvalue weighted by Crippen LogP contribution is 2.32. The summed E-state index contributed by atoms with van der Waals surface area (Å²) in [5.74, 6) is -0.799. The van der Waals surface area contributed by atoms with Crippen molar-refractivity contribution in [3.8, 4) is 0 Å². The minimum atomic E-state index is -0.799. The molecule has 19 heavy (non-hydrogen) atoms. The summed E-state index contributed by atoms with van der Waals surface area (Å²) in [6, 6.07) is 1.97. The first-order valence-electron chi connectivity index (χ1n) is 6.14. The van der Waals surface area contributed by atoms with Gasteiger partial charge >= 0.3 is 0 Å². The maximum absolute atomic E-state index is 13.3. The van der Waals surface area contributed by atoms with Gasteiger partial charge in [-0.1, -0.05) is 24.4 Å². The van der Waals surface area contributed by atoms with Gasteiger partial charge in [0.1, 0.15) is 11.5 Å². The van der Waals surface area contributed by atoms with Gasteiger partial charge in [0.15, 0.2) is 0 Å². The second kappa shape index (κ2) is 5.71. The molecule has 2 rings (SSSR count). The number of nitrogens with one attached hydrogen (secondary N) is 1. The highest BCUT2D eigenvalue weighted by Gasteiger charge is 2.25. The largest absolute Gasteiger partial charge is 0.375 e. The lowest BCUT2D eigenvalue weighted by Crippen LogP contribution is -2.42. The van der Waals surface area contributed by atoms with Crippen LogP contribution in [0.25, 0.3) is 0 Å². The molecule has 1 saturated carbocycles. The van der Waals surface area contributed by atoms with Crippen molar-refractivity contribution in [2.75, 3.05) is 5.32 Å². The molecule has 1 aromatic carbocycles. The highest BCUT2D eigenvalue weighted by molar-refractivity contribution is 6.31. The summed E-state index contributed by atoms with van der Waals surface area (Å²) < 4.78 is 13.3. The van der Waals surface area contributed by atoms with Crippen LogP contribution in [0.1, 0.15) is 25.7 Å². The van der Waals surface area contributed by atoms with Gasteiger partial charge in [0.2, 0.25) is 0 Å². The van der Waals surface area contributed by atoms with E-state index in [1.807, 2.05) is 0 Å². The minimum absolute atomic E-state index is 0.0472. The van der Waals surface area contributed by atoms with E-state index in [2.05, 4.69) is 5.32 Å². The molecule has 2 atom stereocenters. The van der Waals surface area contributed by atoms with E-state index in [0.29, 0.717) is 0 Å². The Bertz CT molecular complexity index is 498. The van der Waals surface area contributed by atoms with Crippen molar-refractivity contribution in [2.24, 2.45) is 5.73 Å². The van der Waals surface area contributed by atoms with E-state index in [1.54, 1.807) is 0 Å². The molecule has 1 aliphatic carbocycles.